The normalized spacial score (nSPS) is 15.1. The van der Waals surface area contributed by atoms with Crippen molar-refractivity contribution in [1.82, 2.24) is 4.90 Å². The number of carbonyl (C=O) groups is 1. The van der Waals surface area contributed by atoms with E-state index in [2.05, 4.69) is 0 Å². The number of nitrogen functional groups attached to an aromatic ring is 1. The first kappa shape index (κ1) is 12.3. The number of hydrogen-bond donors (Lipinski definition) is 2. The van der Waals surface area contributed by atoms with Crippen molar-refractivity contribution in [2.24, 2.45) is 5.84 Å². The maximum absolute atomic E-state index is 11.5. The van der Waals surface area contributed by atoms with Crippen molar-refractivity contribution < 1.29 is 9.66 Å². The molecule has 1 saturated heterocycles. The summed E-state index contributed by atoms with van der Waals surface area (Å²) in [6.07, 6.45) is 2.28. The van der Waals surface area contributed by atoms with Gasteiger partial charge < -0.3 is 10.6 Å². The van der Waals surface area contributed by atoms with Crippen molar-refractivity contribution >= 4 is 17.3 Å². The summed E-state index contributed by atoms with van der Waals surface area (Å²) >= 11 is 0. The Morgan fingerprint density at radius 3 is 2.78 bits per heavy atom. The zero-order valence-electron chi connectivity index (χ0n) is 10.1. The second-order valence-electron chi connectivity index (χ2n) is 4.45. The second kappa shape index (κ2) is 5.03. The number of nitroso groups, excluding NO2 is 1. The summed E-state index contributed by atoms with van der Waals surface area (Å²) in [7, 11) is 0. The van der Waals surface area contributed by atoms with Gasteiger partial charge in [0.2, 0.25) is 5.91 Å². The van der Waals surface area contributed by atoms with E-state index in [1.165, 1.54) is 0 Å². The number of anilines is 1. The Hall–Kier alpha value is -2.11. The molecular formula is C12H17N4O2+. The Kier molecular flexibility index (Phi) is 3.45. The van der Waals surface area contributed by atoms with Crippen LogP contribution in [-0.4, -0.2) is 28.8 Å². The second-order valence-corrected chi connectivity index (χ2v) is 4.45. The summed E-state index contributed by atoms with van der Waals surface area (Å²) in [6.45, 7) is 1.50. The predicted molar refractivity (Wildman–Crippen MR) is 67.8 cm³/mol. The Labute approximate surface area is 105 Å². The van der Waals surface area contributed by atoms with Crippen LogP contribution in [0.25, 0.3) is 0 Å². The first-order chi connectivity index (χ1) is 8.58. The van der Waals surface area contributed by atoms with Crippen LogP contribution in [0.3, 0.4) is 0 Å². The van der Waals surface area contributed by atoms with Crippen molar-refractivity contribution in [3.05, 3.63) is 28.7 Å². The quantitative estimate of drug-likeness (QED) is 0.356. The largest absolute Gasteiger partial charge is 0.393 e. The van der Waals surface area contributed by atoms with Crippen molar-refractivity contribution in [2.45, 2.75) is 19.3 Å². The molecule has 1 aliphatic rings. The van der Waals surface area contributed by atoms with Crippen molar-refractivity contribution in [3.63, 3.8) is 0 Å². The van der Waals surface area contributed by atoms with E-state index in [1.807, 2.05) is 11.0 Å². The van der Waals surface area contributed by atoms with Gasteiger partial charge in [-0.25, -0.2) is 0 Å². The number of hydrogen-bond acceptors (Lipinski definition) is 3. The fourth-order valence-corrected chi connectivity index (χ4v) is 2.14. The Balaban J connectivity index is 2.03. The minimum atomic E-state index is 0.204. The van der Waals surface area contributed by atoms with Gasteiger partial charge >= 0.3 is 5.69 Å². The molecule has 1 amide bonds. The molecule has 0 bridgehead atoms. The molecule has 2 rings (SSSR count). The van der Waals surface area contributed by atoms with Crippen LogP contribution in [0.2, 0.25) is 0 Å². The topological polar surface area (TPSA) is 92.4 Å². The van der Waals surface area contributed by atoms with Gasteiger partial charge in [0.25, 0.3) is 0 Å². The molecule has 0 aromatic heterocycles. The molecule has 4 N–H and O–H groups in total. The monoisotopic (exact) mass is 249 g/mol. The molecule has 0 aliphatic carbocycles. The van der Waals surface area contributed by atoms with Crippen molar-refractivity contribution in [3.8, 4) is 0 Å². The maximum atomic E-state index is 11.5. The summed E-state index contributed by atoms with van der Waals surface area (Å²) in [5.41, 5.74) is 7.21. The average molecular weight is 249 g/mol. The summed E-state index contributed by atoms with van der Waals surface area (Å²) in [4.78, 5) is 24.6. The maximum Gasteiger partial charge on any atom is 0.314 e. The van der Waals surface area contributed by atoms with Crippen LogP contribution < -0.4 is 11.6 Å². The van der Waals surface area contributed by atoms with Gasteiger partial charge in [0.05, 0.1) is 4.91 Å². The highest BCUT2D eigenvalue weighted by Crippen LogP contribution is 2.21. The lowest BCUT2D eigenvalue weighted by Gasteiger charge is -2.15. The van der Waals surface area contributed by atoms with E-state index in [4.69, 9.17) is 11.6 Å². The number of nitrogens with zero attached hydrogens (tertiary/aromatic N) is 2. The Morgan fingerprint density at radius 2 is 2.17 bits per heavy atom. The SMILES string of the molecule is Nc1ccc(CCN2CCCC2=O)cc1[N+](N)=O. The molecule has 0 atom stereocenters. The van der Waals surface area contributed by atoms with Gasteiger partial charge in [-0.05, 0) is 24.5 Å². The molecule has 1 aromatic carbocycles. The Bertz CT molecular complexity index is 487. The minimum absolute atomic E-state index is 0.204. The molecule has 18 heavy (non-hydrogen) atoms. The van der Waals surface area contributed by atoms with Crippen LogP contribution >= 0.6 is 0 Å². The van der Waals surface area contributed by atoms with Gasteiger partial charge in [-0.3, -0.25) is 4.79 Å². The summed E-state index contributed by atoms with van der Waals surface area (Å²) in [5.74, 6) is 5.36. The average Bonchev–Trinajstić information content (AvgIpc) is 2.73. The highest BCUT2D eigenvalue weighted by atomic mass is 16.3. The number of likely N-dealkylation sites (tertiary alicyclic amines) is 1. The number of rotatable bonds is 4. The first-order valence-corrected chi connectivity index (χ1v) is 5.96. The van der Waals surface area contributed by atoms with E-state index in [0.29, 0.717) is 25.1 Å². The molecule has 1 heterocycles. The molecule has 6 heteroatoms. The molecule has 1 aliphatic heterocycles. The third-order valence-corrected chi connectivity index (χ3v) is 3.17. The summed E-state index contributed by atoms with van der Waals surface area (Å²) in [6, 6.07) is 5.18. The molecule has 6 nitrogen and oxygen atoms in total. The van der Waals surface area contributed by atoms with E-state index in [1.54, 1.807) is 12.1 Å². The lowest BCUT2D eigenvalue weighted by molar-refractivity contribution is -0.473. The summed E-state index contributed by atoms with van der Waals surface area (Å²) in [5, 5.41) is 0. The van der Waals surface area contributed by atoms with Gasteiger partial charge in [-0.1, -0.05) is 6.07 Å². The van der Waals surface area contributed by atoms with E-state index >= 15 is 0 Å². The van der Waals surface area contributed by atoms with E-state index < -0.39 is 0 Å². The van der Waals surface area contributed by atoms with Crippen LogP contribution in [0.15, 0.2) is 18.2 Å². The van der Waals surface area contributed by atoms with Crippen LogP contribution in [0.1, 0.15) is 18.4 Å². The fourth-order valence-electron chi connectivity index (χ4n) is 2.14. The van der Waals surface area contributed by atoms with E-state index in [9.17, 15) is 9.70 Å². The molecule has 0 spiro atoms. The predicted octanol–water partition coefficient (Wildman–Crippen LogP) is 0.718. The molecule has 1 aromatic rings. The molecular weight excluding hydrogens is 232 g/mol. The fraction of sp³-hybridized carbons (Fsp3) is 0.417. The Morgan fingerprint density at radius 1 is 1.39 bits per heavy atom. The standard InChI is InChI=1S/C12H17N4O2/c13-10-4-3-9(8-11(10)16(14)18)5-7-15-6-1-2-12(15)17/h3-4,8H,1-2,5-7,13H2,(H2,14,18)/q+1. The van der Waals surface area contributed by atoms with Crippen molar-refractivity contribution in [1.29, 1.82) is 0 Å². The number of carbonyl (C=O) groups excluding carboxylic acids is 1. The van der Waals surface area contributed by atoms with Gasteiger partial charge in [0.1, 0.15) is 5.69 Å². The van der Waals surface area contributed by atoms with E-state index in [0.717, 1.165) is 18.5 Å². The minimum Gasteiger partial charge on any atom is -0.393 e. The zero-order chi connectivity index (χ0) is 13.1. The van der Waals surface area contributed by atoms with Crippen LogP contribution in [-0.2, 0) is 11.2 Å². The van der Waals surface area contributed by atoms with Gasteiger partial charge in [-0.2, -0.15) is 5.84 Å². The lowest BCUT2D eigenvalue weighted by atomic mass is 10.1. The number of amides is 1. The number of hydrazine groups is 1. The highest BCUT2D eigenvalue weighted by molar-refractivity contribution is 5.78. The summed E-state index contributed by atoms with van der Waals surface area (Å²) < 4.78 is 0. The smallest absolute Gasteiger partial charge is 0.314 e. The molecule has 0 radical (unpaired) electrons. The van der Waals surface area contributed by atoms with Crippen molar-refractivity contribution in [2.75, 3.05) is 18.8 Å². The first-order valence-electron chi connectivity index (χ1n) is 5.96. The van der Waals surface area contributed by atoms with Gasteiger partial charge in [0.15, 0.2) is 4.87 Å². The van der Waals surface area contributed by atoms with Crippen LogP contribution in [0.4, 0.5) is 11.4 Å². The molecule has 1 fully saturated rings. The van der Waals surface area contributed by atoms with E-state index in [-0.39, 0.29) is 16.5 Å². The molecule has 96 valence electrons. The molecule has 0 saturated carbocycles. The number of benzene rings is 1. The van der Waals surface area contributed by atoms with Crippen LogP contribution in [0.5, 0.6) is 0 Å². The van der Waals surface area contributed by atoms with Gasteiger partial charge in [-0.15, -0.1) is 0 Å². The number of nitrogens with two attached hydrogens (primary N) is 2. The molecule has 0 unspecified atom stereocenters. The highest BCUT2D eigenvalue weighted by Gasteiger charge is 2.20. The zero-order valence-corrected chi connectivity index (χ0v) is 10.1. The third kappa shape index (κ3) is 2.58. The van der Waals surface area contributed by atoms with Crippen LogP contribution in [0, 0.1) is 4.91 Å². The lowest BCUT2D eigenvalue weighted by Crippen LogP contribution is -2.26. The van der Waals surface area contributed by atoms with Gasteiger partial charge in [0, 0.05) is 25.6 Å². The third-order valence-electron chi connectivity index (χ3n) is 3.17.